The van der Waals surface area contributed by atoms with Gasteiger partial charge in [0.05, 0.1) is 25.8 Å². The lowest BCUT2D eigenvalue weighted by molar-refractivity contribution is 0.190. The molecule has 100 valence electrons. The summed E-state index contributed by atoms with van der Waals surface area (Å²) >= 11 is 6.15. The van der Waals surface area contributed by atoms with Gasteiger partial charge in [0.1, 0.15) is 0 Å². The van der Waals surface area contributed by atoms with Crippen LogP contribution >= 0.6 is 11.6 Å². The van der Waals surface area contributed by atoms with Gasteiger partial charge >= 0.3 is 0 Å². The number of ether oxygens (including phenoxy) is 3. The molecule has 0 amide bonds. The lowest BCUT2D eigenvalue weighted by atomic mass is 10.1. The van der Waals surface area contributed by atoms with Gasteiger partial charge in [-0.3, -0.25) is 0 Å². The topological polar surface area (TPSA) is 39.7 Å². The summed E-state index contributed by atoms with van der Waals surface area (Å²) in [5.74, 6) is 1.23. The maximum atomic E-state index is 6.15. The van der Waals surface area contributed by atoms with E-state index in [4.69, 9.17) is 25.8 Å². The minimum atomic E-state index is 0.428. The standard InChI is InChI=1S/C13H18ClNO3/c1-16-12-6-9(5-11(14)13(12)17-2)7-15-10-3-4-18-8-10/h5-6,10,15H,3-4,7-8H2,1-2H3. The third kappa shape index (κ3) is 3.07. The van der Waals surface area contributed by atoms with Crippen molar-refractivity contribution in [2.75, 3.05) is 27.4 Å². The zero-order chi connectivity index (χ0) is 13.0. The molecule has 0 bridgehead atoms. The molecule has 18 heavy (non-hydrogen) atoms. The SMILES string of the molecule is COc1cc(CNC2CCOC2)cc(Cl)c1OC. The van der Waals surface area contributed by atoms with Gasteiger partial charge in [-0.25, -0.2) is 0 Å². The number of hydrogen-bond donors (Lipinski definition) is 1. The minimum Gasteiger partial charge on any atom is -0.493 e. The second-order valence-electron chi connectivity index (χ2n) is 4.25. The maximum Gasteiger partial charge on any atom is 0.179 e. The number of methoxy groups -OCH3 is 2. The first-order chi connectivity index (χ1) is 8.74. The molecule has 1 aliphatic heterocycles. The fraction of sp³-hybridized carbons (Fsp3) is 0.538. The van der Waals surface area contributed by atoms with Crippen LogP contribution in [-0.2, 0) is 11.3 Å². The summed E-state index contributed by atoms with van der Waals surface area (Å²) in [6.45, 7) is 2.36. The van der Waals surface area contributed by atoms with E-state index in [2.05, 4.69) is 5.32 Å². The van der Waals surface area contributed by atoms with E-state index >= 15 is 0 Å². The highest BCUT2D eigenvalue weighted by Crippen LogP contribution is 2.35. The summed E-state index contributed by atoms with van der Waals surface area (Å²) in [5.41, 5.74) is 1.07. The molecule has 0 radical (unpaired) electrons. The van der Waals surface area contributed by atoms with Gasteiger partial charge in [0, 0.05) is 19.2 Å². The monoisotopic (exact) mass is 271 g/mol. The van der Waals surface area contributed by atoms with E-state index in [1.807, 2.05) is 12.1 Å². The van der Waals surface area contributed by atoms with Gasteiger partial charge in [-0.15, -0.1) is 0 Å². The van der Waals surface area contributed by atoms with Crippen LogP contribution < -0.4 is 14.8 Å². The Morgan fingerprint density at radius 2 is 2.22 bits per heavy atom. The van der Waals surface area contributed by atoms with Crippen molar-refractivity contribution in [2.24, 2.45) is 0 Å². The zero-order valence-electron chi connectivity index (χ0n) is 10.7. The molecule has 5 heteroatoms. The normalized spacial score (nSPS) is 18.9. The van der Waals surface area contributed by atoms with Crippen LogP contribution in [0.5, 0.6) is 11.5 Å². The van der Waals surface area contributed by atoms with Gasteiger partial charge in [-0.05, 0) is 24.1 Å². The molecule has 1 unspecified atom stereocenters. The smallest absolute Gasteiger partial charge is 0.179 e. The van der Waals surface area contributed by atoms with Gasteiger partial charge < -0.3 is 19.5 Å². The van der Waals surface area contributed by atoms with Gasteiger partial charge in [0.25, 0.3) is 0 Å². The molecule has 1 aliphatic rings. The summed E-state index contributed by atoms with van der Waals surface area (Å²) in [7, 11) is 3.19. The molecule has 1 aromatic carbocycles. The Kier molecular flexibility index (Phi) is 4.69. The Bertz CT molecular complexity index is 405. The Balaban J connectivity index is 2.05. The molecule has 0 aliphatic carbocycles. The van der Waals surface area contributed by atoms with E-state index in [1.165, 1.54) is 0 Å². The van der Waals surface area contributed by atoms with Crippen molar-refractivity contribution >= 4 is 11.6 Å². The fourth-order valence-corrected chi connectivity index (χ4v) is 2.34. The molecule has 2 rings (SSSR count). The average Bonchev–Trinajstić information content (AvgIpc) is 2.88. The molecular formula is C13H18ClNO3. The molecule has 0 aromatic heterocycles. The van der Waals surface area contributed by atoms with Crippen LogP contribution in [0.25, 0.3) is 0 Å². The van der Waals surface area contributed by atoms with Crippen LogP contribution in [0, 0.1) is 0 Å². The molecule has 1 fully saturated rings. The molecule has 1 heterocycles. The molecule has 1 saturated heterocycles. The van der Waals surface area contributed by atoms with Crippen molar-refractivity contribution in [2.45, 2.75) is 19.0 Å². The lowest BCUT2D eigenvalue weighted by Gasteiger charge is -2.14. The Hall–Kier alpha value is -0.970. The largest absolute Gasteiger partial charge is 0.493 e. The van der Waals surface area contributed by atoms with E-state index in [0.29, 0.717) is 22.6 Å². The predicted octanol–water partition coefficient (Wildman–Crippen LogP) is 2.24. The van der Waals surface area contributed by atoms with Gasteiger partial charge in [-0.2, -0.15) is 0 Å². The molecule has 1 aromatic rings. The molecular weight excluding hydrogens is 254 g/mol. The molecule has 4 nitrogen and oxygen atoms in total. The van der Waals surface area contributed by atoms with Gasteiger partial charge in [-0.1, -0.05) is 11.6 Å². The minimum absolute atomic E-state index is 0.428. The quantitative estimate of drug-likeness (QED) is 0.892. The first-order valence-corrected chi connectivity index (χ1v) is 6.34. The number of benzene rings is 1. The van der Waals surface area contributed by atoms with E-state index in [9.17, 15) is 0 Å². The summed E-state index contributed by atoms with van der Waals surface area (Å²) < 4.78 is 15.8. The van der Waals surface area contributed by atoms with Crippen molar-refractivity contribution in [1.82, 2.24) is 5.32 Å². The Labute approximate surface area is 112 Å². The van der Waals surface area contributed by atoms with Crippen LogP contribution in [-0.4, -0.2) is 33.5 Å². The second-order valence-corrected chi connectivity index (χ2v) is 4.66. The zero-order valence-corrected chi connectivity index (χ0v) is 11.4. The highest BCUT2D eigenvalue weighted by molar-refractivity contribution is 6.32. The summed E-state index contributed by atoms with van der Waals surface area (Å²) in [6, 6.07) is 4.26. The molecule has 0 spiro atoms. The van der Waals surface area contributed by atoms with Crippen LogP contribution in [0.4, 0.5) is 0 Å². The van der Waals surface area contributed by atoms with Crippen molar-refractivity contribution in [1.29, 1.82) is 0 Å². The Morgan fingerprint density at radius 3 is 2.83 bits per heavy atom. The molecule has 1 N–H and O–H groups in total. The van der Waals surface area contributed by atoms with Crippen molar-refractivity contribution in [3.63, 3.8) is 0 Å². The number of nitrogens with one attached hydrogen (secondary N) is 1. The number of hydrogen-bond acceptors (Lipinski definition) is 4. The van der Waals surface area contributed by atoms with Crippen molar-refractivity contribution in [3.05, 3.63) is 22.7 Å². The summed E-state index contributed by atoms with van der Waals surface area (Å²) in [5, 5.41) is 4.00. The van der Waals surface area contributed by atoms with E-state index in [1.54, 1.807) is 14.2 Å². The van der Waals surface area contributed by atoms with Crippen LogP contribution in [0.3, 0.4) is 0 Å². The molecule has 0 saturated carbocycles. The number of rotatable bonds is 5. The van der Waals surface area contributed by atoms with Crippen LogP contribution in [0.1, 0.15) is 12.0 Å². The highest BCUT2D eigenvalue weighted by atomic mass is 35.5. The van der Waals surface area contributed by atoms with E-state index < -0.39 is 0 Å². The first kappa shape index (κ1) is 13.5. The highest BCUT2D eigenvalue weighted by Gasteiger charge is 2.16. The number of halogens is 1. The van der Waals surface area contributed by atoms with Crippen LogP contribution in [0.2, 0.25) is 5.02 Å². The van der Waals surface area contributed by atoms with E-state index in [-0.39, 0.29) is 0 Å². The van der Waals surface area contributed by atoms with E-state index in [0.717, 1.165) is 31.7 Å². The summed E-state index contributed by atoms with van der Waals surface area (Å²) in [6.07, 6.45) is 1.06. The van der Waals surface area contributed by atoms with Crippen molar-refractivity contribution in [3.8, 4) is 11.5 Å². The second kappa shape index (κ2) is 6.27. The Morgan fingerprint density at radius 1 is 1.39 bits per heavy atom. The first-order valence-electron chi connectivity index (χ1n) is 5.96. The molecule has 1 atom stereocenters. The maximum absolute atomic E-state index is 6.15. The van der Waals surface area contributed by atoms with Crippen molar-refractivity contribution < 1.29 is 14.2 Å². The lowest BCUT2D eigenvalue weighted by Crippen LogP contribution is -2.28. The van der Waals surface area contributed by atoms with Gasteiger partial charge in [0.2, 0.25) is 0 Å². The third-order valence-corrected chi connectivity index (χ3v) is 3.30. The predicted molar refractivity (Wildman–Crippen MR) is 70.6 cm³/mol. The fourth-order valence-electron chi connectivity index (χ4n) is 2.03. The van der Waals surface area contributed by atoms with Crippen LogP contribution in [0.15, 0.2) is 12.1 Å². The summed E-state index contributed by atoms with van der Waals surface area (Å²) in [4.78, 5) is 0. The third-order valence-electron chi connectivity index (χ3n) is 3.02. The average molecular weight is 272 g/mol. The van der Waals surface area contributed by atoms with Gasteiger partial charge in [0.15, 0.2) is 11.5 Å².